The van der Waals surface area contributed by atoms with Crippen LogP contribution in [0, 0.1) is 0 Å². The van der Waals surface area contributed by atoms with Crippen molar-refractivity contribution in [3.05, 3.63) is 12.2 Å². The van der Waals surface area contributed by atoms with Gasteiger partial charge in [-0.05, 0) is 25.3 Å². The molecule has 4 heteroatoms. The molecule has 0 heterocycles. The van der Waals surface area contributed by atoms with Crippen molar-refractivity contribution in [3.63, 3.8) is 0 Å². The van der Waals surface area contributed by atoms with E-state index in [0.29, 0.717) is 0 Å². The highest BCUT2D eigenvalue weighted by molar-refractivity contribution is 5.85. The molecule has 4 nitrogen and oxygen atoms in total. The fourth-order valence-electron chi connectivity index (χ4n) is 1.27. The summed E-state index contributed by atoms with van der Waals surface area (Å²) in [4.78, 5) is 20.5. The second-order valence-electron chi connectivity index (χ2n) is 3.50. The molecule has 3 N–H and O–H groups in total. The molecule has 1 amide bonds. The summed E-state index contributed by atoms with van der Waals surface area (Å²) in [7, 11) is 0. The number of carboxylic acid groups (broad SMARTS) is 1. The third-order valence-corrected chi connectivity index (χ3v) is 2.04. The molecular weight excluding hydrogens is 194 g/mol. The van der Waals surface area contributed by atoms with Crippen molar-refractivity contribution in [1.29, 1.82) is 0 Å². The molecule has 0 aliphatic rings. The van der Waals surface area contributed by atoms with E-state index in [2.05, 4.69) is 0 Å². The first-order valence-corrected chi connectivity index (χ1v) is 5.30. The van der Waals surface area contributed by atoms with Crippen LogP contribution in [0.15, 0.2) is 12.2 Å². The van der Waals surface area contributed by atoms with Crippen molar-refractivity contribution in [1.82, 2.24) is 0 Å². The van der Waals surface area contributed by atoms with Crippen LogP contribution in [0.4, 0.5) is 0 Å². The van der Waals surface area contributed by atoms with Crippen LogP contribution < -0.4 is 5.73 Å². The summed E-state index contributed by atoms with van der Waals surface area (Å²) in [6, 6.07) is 0. The topological polar surface area (TPSA) is 80.4 Å². The lowest BCUT2D eigenvalue weighted by Gasteiger charge is -1.97. The molecule has 0 unspecified atom stereocenters. The van der Waals surface area contributed by atoms with Crippen LogP contribution in [0.1, 0.15) is 44.9 Å². The largest absolute Gasteiger partial charge is 0.481 e. The lowest BCUT2D eigenvalue weighted by Crippen LogP contribution is -2.05. The van der Waals surface area contributed by atoms with Gasteiger partial charge in [-0.25, -0.2) is 0 Å². The van der Waals surface area contributed by atoms with E-state index in [0.717, 1.165) is 38.5 Å². The van der Waals surface area contributed by atoms with E-state index in [1.807, 2.05) is 0 Å². The Bertz CT molecular complexity index is 224. The summed E-state index contributed by atoms with van der Waals surface area (Å²) >= 11 is 0. The minimum Gasteiger partial charge on any atom is -0.481 e. The number of carboxylic acids is 1. The van der Waals surface area contributed by atoms with Gasteiger partial charge in [-0.2, -0.15) is 0 Å². The Labute approximate surface area is 90.2 Å². The van der Waals surface area contributed by atoms with E-state index in [4.69, 9.17) is 10.8 Å². The van der Waals surface area contributed by atoms with E-state index in [9.17, 15) is 9.59 Å². The molecule has 0 aromatic rings. The predicted molar refractivity (Wildman–Crippen MR) is 58.3 cm³/mol. The number of unbranched alkanes of at least 4 members (excludes halogenated alkanes) is 5. The Morgan fingerprint density at radius 1 is 1.07 bits per heavy atom. The molecule has 0 saturated heterocycles. The van der Waals surface area contributed by atoms with Gasteiger partial charge in [0.15, 0.2) is 0 Å². The molecule has 0 saturated carbocycles. The van der Waals surface area contributed by atoms with Crippen LogP contribution in [-0.4, -0.2) is 17.0 Å². The number of hydrogen-bond donors (Lipinski definition) is 2. The number of rotatable bonds is 9. The summed E-state index contributed by atoms with van der Waals surface area (Å²) in [5.41, 5.74) is 4.92. The second kappa shape index (κ2) is 9.24. The standard InChI is InChI=1S/C11H19NO3/c12-10(13)8-6-4-2-1-3-5-7-9-11(14)15/h6,8H,1-5,7,9H2,(H2,12,13)(H,14,15). The number of carbonyl (C=O) groups is 2. The van der Waals surface area contributed by atoms with Gasteiger partial charge in [-0.15, -0.1) is 0 Å². The van der Waals surface area contributed by atoms with Crippen molar-refractivity contribution >= 4 is 11.9 Å². The van der Waals surface area contributed by atoms with Crippen molar-refractivity contribution in [2.75, 3.05) is 0 Å². The SMILES string of the molecule is NC(=O)C=CCCCCCCCC(=O)O. The fraction of sp³-hybridized carbons (Fsp3) is 0.636. The minimum absolute atomic E-state index is 0.265. The van der Waals surface area contributed by atoms with Gasteiger partial charge in [0, 0.05) is 6.42 Å². The summed E-state index contributed by atoms with van der Waals surface area (Å²) in [6.07, 6.45) is 9.16. The molecule has 15 heavy (non-hydrogen) atoms. The number of allylic oxidation sites excluding steroid dienone is 1. The van der Waals surface area contributed by atoms with Gasteiger partial charge in [0.05, 0.1) is 0 Å². The number of hydrogen-bond acceptors (Lipinski definition) is 2. The molecule has 0 radical (unpaired) electrons. The number of primary amides is 1. The first kappa shape index (κ1) is 13.7. The lowest BCUT2D eigenvalue weighted by atomic mass is 10.1. The Balaban J connectivity index is 3.11. The Hall–Kier alpha value is -1.32. The fourth-order valence-corrected chi connectivity index (χ4v) is 1.27. The van der Waals surface area contributed by atoms with Crippen LogP contribution in [0.25, 0.3) is 0 Å². The third-order valence-electron chi connectivity index (χ3n) is 2.04. The molecule has 0 aliphatic heterocycles. The molecule has 86 valence electrons. The van der Waals surface area contributed by atoms with Gasteiger partial charge < -0.3 is 10.8 Å². The summed E-state index contributed by atoms with van der Waals surface area (Å²) in [5.74, 6) is -1.13. The quantitative estimate of drug-likeness (QED) is 0.453. The van der Waals surface area contributed by atoms with Crippen LogP contribution in [0.5, 0.6) is 0 Å². The number of nitrogens with two attached hydrogens (primary N) is 1. The molecule has 0 fully saturated rings. The van der Waals surface area contributed by atoms with Gasteiger partial charge in [-0.3, -0.25) is 9.59 Å². The maximum atomic E-state index is 10.3. The maximum absolute atomic E-state index is 10.3. The molecule has 0 aromatic carbocycles. The first-order chi connectivity index (χ1) is 7.13. The number of aliphatic carboxylic acids is 1. The van der Waals surface area contributed by atoms with Crippen LogP contribution in [0.2, 0.25) is 0 Å². The highest BCUT2D eigenvalue weighted by Crippen LogP contribution is 2.07. The highest BCUT2D eigenvalue weighted by Gasteiger charge is 1.95. The summed E-state index contributed by atoms with van der Waals surface area (Å²) in [5, 5.41) is 8.39. The Morgan fingerprint density at radius 2 is 1.67 bits per heavy atom. The third kappa shape index (κ3) is 12.7. The summed E-state index contributed by atoms with van der Waals surface area (Å²) < 4.78 is 0. The van der Waals surface area contributed by atoms with E-state index < -0.39 is 11.9 Å². The zero-order valence-electron chi connectivity index (χ0n) is 8.95. The lowest BCUT2D eigenvalue weighted by molar-refractivity contribution is -0.137. The zero-order valence-corrected chi connectivity index (χ0v) is 8.95. The molecule has 0 bridgehead atoms. The average molecular weight is 213 g/mol. The predicted octanol–water partition coefficient (Wildman–Crippen LogP) is 1.84. The highest BCUT2D eigenvalue weighted by atomic mass is 16.4. The molecule has 0 rings (SSSR count). The molecule has 0 aromatic heterocycles. The van der Waals surface area contributed by atoms with Gasteiger partial charge in [0.1, 0.15) is 0 Å². The normalized spacial score (nSPS) is 10.7. The molecular formula is C11H19NO3. The van der Waals surface area contributed by atoms with Crippen molar-refractivity contribution in [3.8, 4) is 0 Å². The zero-order chi connectivity index (χ0) is 11.5. The Kier molecular flexibility index (Phi) is 8.43. The summed E-state index contributed by atoms with van der Waals surface area (Å²) in [6.45, 7) is 0. The van der Waals surface area contributed by atoms with Crippen molar-refractivity contribution < 1.29 is 14.7 Å². The number of amides is 1. The van der Waals surface area contributed by atoms with E-state index in [1.54, 1.807) is 6.08 Å². The van der Waals surface area contributed by atoms with Gasteiger partial charge in [0.2, 0.25) is 5.91 Å². The average Bonchev–Trinajstić information content (AvgIpc) is 2.14. The van der Waals surface area contributed by atoms with E-state index >= 15 is 0 Å². The maximum Gasteiger partial charge on any atom is 0.303 e. The van der Waals surface area contributed by atoms with Gasteiger partial charge in [-0.1, -0.05) is 25.3 Å². The second-order valence-corrected chi connectivity index (χ2v) is 3.50. The van der Waals surface area contributed by atoms with Crippen molar-refractivity contribution in [2.45, 2.75) is 44.9 Å². The minimum atomic E-state index is -0.723. The van der Waals surface area contributed by atoms with Crippen LogP contribution in [-0.2, 0) is 9.59 Å². The Morgan fingerprint density at radius 3 is 2.27 bits per heavy atom. The van der Waals surface area contributed by atoms with Gasteiger partial charge >= 0.3 is 5.97 Å². The van der Waals surface area contributed by atoms with Crippen LogP contribution >= 0.6 is 0 Å². The van der Waals surface area contributed by atoms with E-state index in [1.165, 1.54) is 6.08 Å². The van der Waals surface area contributed by atoms with Crippen LogP contribution in [0.3, 0.4) is 0 Å². The molecule has 0 aliphatic carbocycles. The smallest absolute Gasteiger partial charge is 0.303 e. The van der Waals surface area contributed by atoms with Crippen molar-refractivity contribution in [2.24, 2.45) is 5.73 Å². The monoisotopic (exact) mass is 213 g/mol. The molecule has 0 spiro atoms. The van der Waals surface area contributed by atoms with E-state index in [-0.39, 0.29) is 6.42 Å². The number of carbonyl (C=O) groups excluding carboxylic acids is 1. The molecule has 0 atom stereocenters. The van der Waals surface area contributed by atoms with Gasteiger partial charge in [0.25, 0.3) is 0 Å². The first-order valence-electron chi connectivity index (χ1n) is 5.30.